The first kappa shape index (κ1) is 10.3. The van der Waals surface area contributed by atoms with E-state index in [0.717, 1.165) is 0 Å². The van der Waals surface area contributed by atoms with Crippen LogP contribution in [0, 0.1) is 0 Å². The average molecular weight is 221 g/mol. The summed E-state index contributed by atoms with van der Waals surface area (Å²) in [6.45, 7) is 2.08. The van der Waals surface area contributed by atoms with Crippen molar-refractivity contribution in [3.05, 3.63) is 18.0 Å². The molecule has 0 radical (unpaired) electrons. The quantitative estimate of drug-likeness (QED) is 0.722. The standard InChI is InChI=1S/C9H11N5O2/c1-2-16-9(15)5-8-12-11-7-4-3-6(10)13-14(7)8/h3-4H,2,5H2,1H3,(H2,10,13). The van der Waals surface area contributed by atoms with Gasteiger partial charge in [0.05, 0.1) is 6.61 Å². The van der Waals surface area contributed by atoms with Crippen LogP contribution in [0.5, 0.6) is 0 Å². The molecule has 0 bridgehead atoms. The summed E-state index contributed by atoms with van der Waals surface area (Å²) in [7, 11) is 0. The van der Waals surface area contributed by atoms with Crippen LogP contribution in [0.15, 0.2) is 12.1 Å². The van der Waals surface area contributed by atoms with Gasteiger partial charge in [0, 0.05) is 0 Å². The Labute approximate surface area is 91.2 Å². The number of nitrogens with zero attached hydrogens (tertiary/aromatic N) is 4. The molecule has 2 N–H and O–H groups in total. The van der Waals surface area contributed by atoms with Crippen LogP contribution in [-0.2, 0) is 16.0 Å². The summed E-state index contributed by atoms with van der Waals surface area (Å²) < 4.78 is 6.25. The van der Waals surface area contributed by atoms with Crippen LogP contribution >= 0.6 is 0 Å². The zero-order chi connectivity index (χ0) is 11.5. The van der Waals surface area contributed by atoms with Gasteiger partial charge in [0.2, 0.25) is 0 Å². The fourth-order valence-electron chi connectivity index (χ4n) is 1.30. The van der Waals surface area contributed by atoms with Gasteiger partial charge in [0.15, 0.2) is 11.5 Å². The molecule has 0 saturated heterocycles. The fourth-order valence-corrected chi connectivity index (χ4v) is 1.30. The lowest BCUT2D eigenvalue weighted by Gasteiger charge is -2.00. The summed E-state index contributed by atoms with van der Waals surface area (Å²) >= 11 is 0. The van der Waals surface area contributed by atoms with E-state index in [-0.39, 0.29) is 12.4 Å². The Morgan fingerprint density at radius 3 is 3.06 bits per heavy atom. The maximum atomic E-state index is 11.3. The first-order valence-electron chi connectivity index (χ1n) is 4.83. The molecule has 2 rings (SSSR count). The van der Waals surface area contributed by atoms with Crippen LogP contribution in [0.25, 0.3) is 5.65 Å². The third-order valence-corrected chi connectivity index (χ3v) is 1.96. The number of carbonyl (C=O) groups is 1. The van der Waals surface area contributed by atoms with Gasteiger partial charge in [-0.15, -0.1) is 15.3 Å². The Morgan fingerprint density at radius 1 is 1.50 bits per heavy atom. The summed E-state index contributed by atoms with van der Waals surface area (Å²) in [5.41, 5.74) is 6.09. The first-order valence-corrected chi connectivity index (χ1v) is 4.83. The number of nitrogens with two attached hydrogens (primary N) is 1. The van der Waals surface area contributed by atoms with Crippen molar-refractivity contribution in [1.29, 1.82) is 0 Å². The minimum Gasteiger partial charge on any atom is -0.466 e. The molecular formula is C9H11N5O2. The number of carbonyl (C=O) groups excluding carboxylic acids is 1. The van der Waals surface area contributed by atoms with Crippen LogP contribution < -0.4 is 5.73 Å². The maximum absolute atomic E-state index is 11.3. The molecule has 16 heavy (non-hydrogen) atoms. The molecule has 0 aromatic carbocycles. The van der Waals surface area contributed by atoms with Crippen molar-refractivity contribution in [2.45, 2.75) is 13.3 Å². The van der Waals surface area contributed by atoms with Crippen molar-refractivity contribution in [3.8, 4) is 0 Å². The molecule has 0 aliphatic carbocycles. The summed E-state index contributed by atoms with van der Waals surface area (Å²) in [5, 5.41) is 11.7. The van der Waals surface area contributed by atoms with Crippen LogP contribution in [0.3, 0.4) is 0 Å². The van der Waals surface area contributed by atoms with Gasteiger partial charge in [-0.25, -0.2) is 0 Å². The van der Waals surface area contributed by atoms with Crippen molar-refractivity contribution in [2.24, 2.45) is 0 Å². The van der Waals surface area contributed by atoms with Gasteiger partial charge in [0.1, 0.15) is 12.2 Å². The van der Waals surface area contributed by atoms with Crippen LogP contribution in [0.1, 0.15) is 12.7 Å². The van der Waals surface area contributed by atoms with Crippen molar-refractivity contribution in [2.75, 3.05) is 12.3 Å². The Bertz CT molecular complexity index is 522. The van der Waals surface area contributed by atoms with Crippen molar-refractivity contribution < 1.29 is 9.53 Å². The normalized spacial score (nSPS) is 10.6. The number of rotatable bonds is 3. The van der Waals surface area contributed by atoms with E-state index in [1.54, 1.807) is 19.1 Å². The second-order valence-corrected chi connectivity index (χ2v) is 3.13. The molecule has 84 valence electrons. The lowest BCUT2D eigenvalue weighted by Crippen LogP contribution is -2.11. The molecule has 0 aliphatic heterocycles. The molecule has 0 atom stereocenters. The molecule has 0 spiro atoms. The smallest absolute Gasteiger partial charge is 0.313 e. The van der Waals surface area contributed by atoms with Gasteiger partial charge in [0.25, 0.3) is 0 Å². The maximum Gasteiger partial charge on any atom is 0.313 e. The van der Waals surface area contributed by atoms with Gasteiger partial charge in [-0.05, 0) is 19.1 Å². The van der Waals surface area contributed by atoms with E-state index < -0.39 is 0 Å². The highest BCUT2D eigenvalue weighted by molar-refractivity contribution is 5.71. The molecule has 2 aromatic heterocycles. The van der Waals surface area contributed by atoms with Gasteiger partial charge >= 0.3 is 5.97 Å². The van der Waals surface area contributed by atoms with E-state index in [4.69, 9.17) is 10.5 Å². The van der Waals surface area contributed by atoms with E-state index >= 15 is 0 Å². The Kier molecular flexibility index (Phi) is 2.67. The zero-order valence-electron chi connectivity index (χ0n) is 8.75. The van der Waals surface area contributed by atoms with Gasteiger partial charge in [-0.2, -0.15) is 4.52 Å². The number of aromatic nitrogens is 4. The number of hydrogen-bond donors (Lipinski definition) is 1. The summed E-state index contributed by atoms with van der Waals surface area (Å²) in [6.07, 6.45) is 0.0332. The van der Waals surface area contributed by atoms with Gasteiger partial charge in [-0.1, -0.05) is 0 Å². The molecule has 0 unspecified atom stereocenters. The molecule has 2 aromatic rings. The molecule has 0 fully saturated rings. The third-order valence-electron chi connectivity index (χ3n) is 1.96. The molecule has 2 heterocycles. The van der Waals surface area contributed by atoms with Gasteiger partial charge in [-0.3, -0.25) is 4.79 Å². The SMILES string of the molecule is CCOC(=O)Cc1nnc2ccc(N)nn12. The third kappa shape index (κ3) is 1.92. The van der Waals surface area contributed by atoms with E-state index in [9.17, 15) is 4.79 Å². The summed E-state index contributed by atoms with van der Waals surface area (Å²) in [6, 6.07) is 3.31. The molecule has 7 nitrogen and oxygen atoms in total. The largest absolute Gasteiger partial charge is 0.466 e. The first-order chi connectivity index (χ1) is 7.70. The average Bonchev–Trinajstić information content (AvgIpc) is 2.61. The highest BCUT2D eigenvalue weighted by Gasteiger charge is 2.12. The monoisotopic (exact) mass is 221 g/mol. The summed E-state index contributed by atoms with van der Waals surface area (Å²) in [4.78, 5) is 11.3. The van der Waals surface area contributed by atoms with Crippen molar-refractivity contribution in [1.82, 2.24) is 19.8 Å². The number of nitrogen functional groups attached to an aromatic ring is 1. The number of anilines is 1. The van der Waals surface area contributed by atoms with Gasteiger partial charge < -0.3 is 10.5 Å². The lowest BCUT2D eigenvalue weighted by molar-refractivity contribution is -0.142. The second-order valence-electron chi connectivity index (χ2n) is 3.13. The fraction of sp³-hybridized carbons (Fsp3) is 0.333. The zero-order valence-corrected chi connectivity index (χ0v) is 8.75. The minimum absolute atomic E-state index is 0.0332. The number of fused-ring (bicyclic) bond motifs is 1. The predicted molar refractivity (Wildman–Crippen MR) is 55.5 cm³/mol. The minimum atomic E-state index is -0.360. The van der Waals surface area contributed by atoms with Crippen LogP contribution in [-0.4, -0.2) is 32.4 Å². The number of ether oxygens (including phenoxy) is 1. The number of hydrogen-bond acceptors (Lipinski definition) is 6. The van der Waals surface area contributed by atoms with E-state index in [1.165, 1.54) is 4.52 Å². The molecule has 0 saturated carbocycles. The van der Waals surface area contributed by atoms with E-state index in [1.807, 2.05) is 0 Å². The molecular weight excluding hydrogens is 210 g/mol. The van der Waals surface area contributed by atoms with Crippen molar-refractivity contribution >= 4 is 17.4 Å². The Hall–Kier alpha value is -2.18. The van der Waals surface area contributed by atoms with E-state index in [0.29, 0.717) is 23.9 Å². The van der Waals surface area contributed by atoms with Crippen molar-refractivity contribution in [3.63, 3.8) is 0 Å². The predicted octanol–water partition coefficient (Wildman–Crippen LogP) is -0.188. The van der Waals surface area contributed by atoms with Crippen LogP contribution in [0.4, 0.5) is 5.82 Å². The topological polar surface area (TPSA) is 95.4 Å². The second kappa shape index (κ2) is 4.13. The molecule has 7 heteroatoms. The summed E-state index contributed by atoms with van der Waals surface area (Å²) in [5.74, 6) is 0.402. The highest BCUT2D eigenvalue weighted by Crippen LogP contribution is 2.05. The lowest BCUT2D eigenvalue weighted by atomic mass is 10.4. The number of esters is 1. The van der Waals surface area contributed by atoms with Crippen LogP contribution in [0.2, 0.25) is 0 Å². The van der Waals surface area contributed by atoms with E-state index in [2.05, 4.69) is 15.3 Å². The molecule has 0 aliphatic rings. The Morgan fingerprint density at radius 2 is 2.31 bits per heavy atom. The highest BCUT2D eigenvalue weighted by atomic mass is 16.5. The Balaban J connectivity index is 2.30. The molecule has 0 amide bonds.